The van der Waals surface area contributed by atoms with E-state index in [9.17, 15) is 4.79 Å². The lowest BCUT2D eigenvalue weighted by molar-refractivity contribution is -0.114. The number of benzene rings is 1. The van der Waals surface area contributed by atoms with Crippen LogP contribution in [0.25, 0.3) is 0 Å². The van der Waals surface area contributed by atoms with Gasteiger partial charge < -0.3 is 0 Å². The quantitative estimate of drug-likeness (QED) is 0.659. The summed E-state index contributed by atoms with van der Waals surface area (Å²) in [7, 11) is 0. The molecule has 1 heteroatoms. The molecule has 1 aliphatic carbocycles. The Labute approximate surface area is 84.5 Å². The number of carbonyl (C=O) groups excluding carboxylic acids is 1. The van der Waals surface area contributed by atoms with Gasteiger partial charge in [0.2, 0.25) is 0 Å². The maximum Gasteiger partial charge on any atom is 0.156 e. The fourth-order valence-electron chi connectivity index (χ4n) is 1.89. The molecular weight excluding hydrogens is 172 g/mol. The summed E-state index contributed by atoms with van der Waals surface area (Å²) in [5.74, 6) is 0.230. The highest BCUT2D eigenvalue weighted by atomic mass is 16.1. The second kappa shape index (κ2) is 3.09. The van der Waals surface area contributed by atoms with Gasteiger partial charge in [-0.3, -0.25) is 4.79 Å². The molecule has 0 spiro atoms. The number of ketones is 1. The molecule has 0 aliphatic heterocycles. The number of carbonyl (C=O) groups is 1. The Morgan fingerprint density at radius 1 is 1.21 bits per heavy atom. The minimum atomic E-state index is -0.0786. The van der Waals surface area contributed by atoms with Crippen LogP contribution in [0.3, 0.4) is 0 Å². The maximum absolute atomic E-state index is 11.2. The van der Waals surface area contributed by atoms with E-state index in [1.54, 1.807) is 6.08 Å². The van der Waals surface area contributed by atoms with Crippen molar-refractivity contribution in [1.29, 1.82) is 0 Å². The van der Waals surface area contributed by atoms with Gasteiger partial charge in [-0.15, -0.1) is 0 Å². The van der Waals surface area contributed by atoms with Crippen molar-refractivity contribution in [3.8, 4) is 0 Å². The van der Waals surface area contributed by atoms with E-state index in [1.807, 2.05) is 6.08 Å². The summed E-state index contributed by atoms with van der Waals surface area (Å²) in [4.78, 5) is 11.2. The van der Waals surface area contributed by atoms with Crippen LogP contribution in [-0.2, 0) is 10.2 Å². The first-order valence-electron chi connectivity index (χ1n) is 4.89. The second-order valence-corrected chi connectivity index (χ2v) is 4.26. The average molecular weight is 186 g/mol. The van der Waals surface area contributed by atoms with Gasteiger partial charge in [-0.25, -0.2) is 0 Å². The van der Waals surface area contributed by atoms with Gasteiger partial charge in [0.1, 0.15) is 0 Å². The van der Waals surface area contributed by atoms with E-state index in [4.69, 9.17) is 0 Å². The van der Waals surface area contributed by atoms with Crippen LogP contribution in [0.15, 0.2) is 36.4 Å². The smallest absolute Gasteiger partial charge is 0.156 e. The first-order chi connectivity index (χ1) is 6.60. The molecule has 1 atom stereocenters. The molecule has 1 nitrogen and oxygen atoms in total. The number of hydrogen-bond acceptors (Lipinski definition) is 1. The monoisotopic (exact) mass is 186 g/mol. The third kappa shape index (κ3) is 1.50. The Bertz CT molecular complexity index is 386. The maximum atomic E-state index is 11.2. The van der Waals surface area contributed by atoms with E-state index in [0.29, 0.717) is 6.42 Å². The van der Waals surface area contributed by atoms with Crippen LogP contribution < -0.4 is 0 Å². The van der Waals surface area contributed by atoms with Gasteiger partial charge in [0.05, 0.1) is 0 Å². The van der Waals surface area contributed by atoms with Crippen molar-refractivity contribution >= 4 is 5.78 Å². The molecule has 0 radical (unpaired) electrons. The summed E-state index contributed by atoms with van der Waals surface area (Å²) >= 11 is 0. The van der Waals surface area contributed by atoms with Crippen LogP contribution in [0.1, 0.15) is 24.5 Å². The molecule has 72 valence electrons. The fraction of sp³-hybridized carbons (Fsp3) is 0.308. The lowest BCUT2D eigenvalue weighted by Gasteiger charge is -2.21. The first kappa shape index (κ1) is 9.20. The van der Waals surface area contributed by atoms with Crippen molar-refractivity contribution in [2.45, 2.75) is 25.7 Å². The Kier molecular flexibility index (Phi) is 2.03. The Morgan fingerprint density at radius 3 is 2.36 bits per heavy atom. The predicted molar refractivity (Wildman–Crippen MR) is 57.3 cm³/mol. The molecule has 0 saturated carbocycles. The van der Waals surface area contributed by atoms with Gasteiger partial charge in [0, 0.05) is 11.8 Å². The van der Waals surface area contributed by atoms with Crippen LogP contribution in [0, 0.1) is 6.92 Å². The molecule has 2 rings (SSSR count). The summed E-state index contributed by atoms with van der Waals surface area (Å²) < 4.78 is 0. The standard InChI is InChI=1S/C13H14O/c1-10-3-5-11(6-4-10)13(2)8-7-12(14)9-13/h3-8H,9H2,1-2H3/t13-/m1/s1. The van der Waals surface area contributed by atoms with Gasteiger partial charge in [0.25, 0.3) is 0 Å². The van der Waals surface area contributed by atoms with Crippen LogP contribution >= 0.6 is 0 Å². The molecular formula is C13H14O. The van der Waals surface area contributed by atoms with Gasteiger partial charge >= 0.3 is 0 Å². The van der Waals surface area contributed by atoms with Crippen LogP contribution in [-0.4, -0.2) is 5.78 Å². The van der Waals surface area contributed by atoms with E-state index >= 15 is 0 Å². The van der Waals surface area contributed by atoms with E-state index < -0.39 is 0 Å². The summed E-state index contributed by atoms with van der Waals surface area (Å²) in [6.07, 6.45) is 4.32. The Balaban J connectivity index is 2.36. The third-order valence-electron chi connectivity index (χ3n) is 2.89. The molecule has 0 saturated heterocycles. The van der Waals surface area contributed by atoms with Crippen molar-refractivity contribution in [3.05, 3.63) is 47.5 Å². The van der Waals surface area contributed by atoms with E-state index in [-0.39, 0.29) is 11.2 Å². The summed E-state index contributed by atoms with van der Waals surface area (Å²) in [5.41, 5.74) is 2.40. The lowest BCUT2D eigenvalue weighted by Crippen LogP contribution is -2.17. The molecule has 0 aromatic heterocycles. The topological polar surface area (TPSA) is 17.1 Å². The third-order valence-corrected chi connectivity index (χ3v) is 2.89. The molecule has 0 unspecified atom stereocenters. The van der Waals surface area contributed by atoms with E-state index in [2.05, 4.69) is 38.1 Å². The molecule has 14 heavy (non-hydrogen) atoms. The van der Waals surface area contributed by atoms with Gasteiger partial charge in [-0.2, -0.15) is 0 Å². The Hall–Kier alpha value is -1.37. The highest BCUT2D eigenvalue weighted by Gasteiger charge is 2.30. The molecule has 0 heterocycles. The number of rotatable bonds is 1. The summed E-state index contributed by atoms with van der Waals surface area (Å²) in [6.45, 7) is 4.18. The SMILES string of the molecule is Cc1ccc([C@]2(C)C=CC(=O)C2)cc1. The summed E-state index contributed by atoms with van der Waals surface area (Å²) in [6, 6.07) is 8.41. The van der Waals surface area contributed by atoms with Crippen molar-refractivity contribution in [2.75, 3.05) is 0 Å². The zero-order valence-corrected chi connectivity index (χ0v) is 8.58. The lowest BCUT2D eigenvalue weighted by atomic mass is 9.82. The largest absolute Gasteiger partial charge is 0.295 e. The van der Waals surface area contributed by atoms with Crippen LogP contribution in [0.2, 0.25) is 0 Å². The molecule has 1 aromatic carbocycles. The zero-order chi connectivity index (χ0) is 10.2. The molecule has 0 N–H and O–H groups in total. The predicted octanol–water partition coefficient (Wildman–Crippen LogP) is 2.78. The molecule has 1 aliphatic rings. The summed E-state index contributed by atoms with van der Waals surface area (Å²) in [5, 5.41) is 0. The number of allylic oxidation sites excluding steroid dienone is 2. The van der Waals surface area contributed by atoms with Gasteiger partial charge in [-0.1, -0.05) is 42.8 Å². The van der Waals surface area contributed by atoms with Crippen molar-refractivity contribution in [3.63, 3.8) is 0 Å². The van der Waals surface area contributed by atoms with Crippen LogP contribution in [0.4, 0.5) is 0 Å². The van der Waals surface area contributed by atoms with E-state index in [1.165, 1.54) is 11.1 Å². The average Bonchev–Trinajstić information content (AvgIpc) is 2.48. The molecule has 1 aromatic rings. The number of hydrogen-bond donors (Lipinski definition) is 0. The molecule has 0 fully saturated rings. The van der Waals surface area contributed by atoms with Crippen LogP contribution in [0.5, 0.6) is 0 Å². The highest BCUT2D eigenvalue weighted by Crippen LogP contribution is 2.33. The minimum Gasteiger partial charge on any atom is -0.295 e. The highest BCUT2D eigenvalue weighted by molar-refractivity contribution is 5.94. The fourth-order valence-corrected chi connectivity index (χ4v) is 1.89. The number of aryl methyl sites for hydroxylation is 1. The van der Waals surface area contributed by atoms with Gasteiger partial charge in [-0.05, 0) is 18.6 Å². The van der Waals surface area contributed by atoms with Gasteiger partial charge in [0.15, 0.2) is 5.78 Å². The van der Waals surface area contributed by atoms with E-state index in [0.717, 1.165) is 0 Å². The molecule has 0 amide bonds. The first-order valence-corrected chi connectivity index (χ1v) is 4.89. The zero-order valence-electron chi connectivity index (χ0n) is 8.58. The Morgan fingerprint density at radius 2 is 1.86 bits per heavy atom. The van der Waals surface area contributed by atoms with Crippen molar-refractivity contribution in [1.82, 2.24) is 0 Å². The van der Waals surface area contributed by atoms with Crippen molar-refractivity contribution < 1.29 is 4.79 Å². The molecule has 0 bridgehead atoms. The normalized spacial score (nSPS) is 25.7. The van der Waals surface area contributed by atoms with Crippen molar-refractivity contribution in [2.24, 2.45) is 0 Å². The minimum absolute atomic E-state index is 0.0786. The second-order valence-electron chi connectivity index (χ2n) is 4.26.